The van der Waals surface area contributed by atoms with Gasteiger partial charge in [0, 0.05) is 30.2 Å². The third kappa shape index (κ3) is 3.11. The van der Waals surface area contributed by atoms with Crippen molar-refractivity contribution in [3.05, 3.63) is 0 Å². The number of hydrogen-bond acceptors (Lipinski definition) is 3. The van der Waals surface area contributed by atoms with Gasteiger partial charge < -0.3 is 10.6 Å². The number of amides is 1. The highest BCUT2D eigenvalue weighted by atomic mass is 16.2. The zero-order valence-corrected chi connectivity index (χ0v) is 12.8. The Bertz CT molecular complexity index is 307. The highest BCUT2D eigenvalue weighted by Gasteiger charge is 2.41. The molecule has 2 aliphatic heterocycles. The number of hydrogen-bond donors (Lipinski definition) is 1. The first-order chi connectivity index (χ1) is 8.90. The highest BCUT2D eigenvalue weighted by molar-refractivity contribution is 5.79. The van der Waals surface area contributed by atoms with E-state index in [1.54, 1.807) is 0 Å². The van der Waals surface area contributed by atoms with Gasteiger partial charge in [0.25, 0.3) is 0 Å². The summed E-state index contributed by atoms with van der Waals surface area (Å²) in [4.78, 5) is 17.0. The van der Waals surface area contributed by atoms with E-state index in [2.05, 4.69) is 32.6 Å². The van der Waals surface area contributed by atoms with Gasteiger partial charge in [-0.15, -0.1) is 0 Å². The van der Waals surface area contributed by atoms with Crippen LogP contribution in [0, 0.1) is 0 Å². The van der Waals surface area contributed by atoms with Crippen LogP contribution in [0.3, 0.4) is 0 Å². The van der Waals surface area contributed by atoms with Gasteiger partial charge in [0.15, 0.2) is 0 Å². The average Bonchev–Trinajstić information content (AvgIpc) is 2.53. The molecule has 2 saturated heterocycles. The normalized spacial score (nSPS) is 31.2. The quantitative estimate of drug-likeness (QED) is 0.841. The summed E-state index contributed by atoms with van der Waals surface area (Å²) in [7, 11) is 0. The van der Waals surface area contributed by atoms with Crippen LogP contribution in [0.5, 0.6) is 0 Å². The molecule has 2 atom stereocenters. The summed E-state index contributed by atoms with van der Waals surface area (Å²) in [5, 5.41) is 0. The second-order valence-electron chi connectivity index (χ2n) is 6.78. The second-order valence-corrected chi connectivity index (χ2v) is 6.78. The molecule has 2 fully saturated rings. The molecule has 2 unspecified atom stereocenters. The molecule has 0 aromatic heterocycles. The molecule has 0 radical (unpaired) electrons. The Morgan fingerprint density at radius 2 is 1.63 bits per heavy atom. The van der Waals surface area contributed by atoms with E-state index in [1.165, 1.54) is 12.8 Å². The van der Waals surface area contributed by atoms with Gasteiger partial charge in [-0.05, 0) is 53.4 Å². The van der Waals surface area contributed by atoms with E-state index in [0.29, 0.717) is 24.7 Å². The SMILES string of the molecule is CC(C)N(C(=O)CN1C2CCC1CC(N)C2)C(C)C. The van der Waals surface area contributed by atoms with Gasteiger partial charge in [-0.25, -0.2) is 0 Å². The first kappa shape index (κ1) is 14.8. The van der Waals surface area contributed by atoms with Crippen LogP contribution in [0.2, 0.25) is 0 Å². The van der Waals surface area contributed by atoms with Crippen molar-refractivity contribution in [3.8, 4) is 0 Å². The van der Waals surface area contributed by atoms with E-state index < -0.39 is 0 Å². The molecule has 19 heavy (non-hydrogen) atoms. The van der Waals surface area contributed by atoms with Crippen molar-refractivity contribution in [1.82, 2.24) is 9.80 Å². The number of fused-ring (bicyclic) bond motifs is 2. The minimum absolute atomic E-state index is 0.275. The van der Waals surface area contributed by atoms with Gasteiger partial charge in [0.1, 0.15) is 0 Å². The van der Waals surface area contributed by atoms with Gasteiger partial charge in [-0.2, -0.15) is 0 Å². The Hall–Kier alpha value is -0.610. The topological polar surface area (TPSA) is 49.6 Å². The third-order valence-electron chi connectivity index (χ3n) is 4.64. The van der Waals surface area contributed by atoms with Crippen molar-refractivity contribution in [3.63, 3.8) is 0 Å². The zero-order chi connectivity index (χ0) is 14.2. The molecule has 2 N–H and O–H groups in total. The molecule has 2 heterocycles. The fraction of sp³-hybridized carbons (Fsp3) is 0.933. The molecule has 0 saturated carbocycles. The predicted molar refractivity (Wildman–Crippen MR) is 77.8 cm³/mol. The molecule has 4 nitrogen and oxygen atoms in total. The summed E-state index contributed by atoms with van der Waals surface area (Å²) in [5.41, 5.74) is 6.08. The van der Waals surface area contributed by atoms with Crippen LogP contribution >= 0.6 is 0 Å². The molecule has 0 aliphatic carbocycles. The first-order valence-electron chi connectivity index (χ1n) is 7.72. The number of nitrogens with zero attached hydrogens (tertiary/aromatic N) is 2. The van der Waals surface area contributed by atoms with Gasteiger partial charge in [-0.3, -0.25) is 9.69 Å². The van der Waals surface area contributed by atoms with E-state index >= 15 is 0 Å². The molecule has 4 heteroatoms. The lowest BCUT2D eigenvalue weighted by Gasteiger charge is -2.39. The summed E-state index contributed by atoms with van der Waals surface area (Å²) in [6.07, 6.45) is 4.56. The summed E-state index contributed by atoms with van der Waals surface area (Å²) in [6, 6.07) is 1.97. The number of nitrogens with two attached hydrogens (primary N) is 1. The van der Waals surface area contributed by atoms with Crippen molar-refractivity contribution >= 4 is 5.91 Å². The molecule has 0 aromatic rings. The third-order valence-corrected chi connectivity index (χ3v) is 4.64. The van der Waals surface area contributed by atoms with Crippen molar-refractivity contribution in [2.24, 2.45) is 5.73 Å². The summed E-state index contributed by atoms with van der Waals surface area (Å²) < 4.78 is 0. The van der Waals surface area contributed by atoms with Crippen LogP contribution in [0.4, 0.5) is 0 Å². The number of carbonyl (C=O) groups excluding carboxylic acids is 1. The van der Waals surface area contributed by atoms with Gasteiger partial charge >= 0.3 is 0 Å². The number of piperidine rings is 1. The van der Waals surface area contributed by atoms with Crippen LogP contribution < -0.4 is 5.73 Å². The standard InChI is InChI=1S/C15H29N3O/c1-10(2)18(11(3)4)15(19)9-17-13-5-6-14(17)8-12(16)7-13/h10-14H,5-9,16H2,1-4H3. The Kier molecular flexibility index (Phi) is 4.51. The Labute approximate surface area is 117 Å². The maximum absolute atomic E-state index is 12.5. The predicted octanol–water partition coefficient (Wildman–Crippen LogP) is 1.59. The fourth-order valence-corrected chi connectivity index (χ4v) is 3.98. The largest absolute Gasteiger partial charge is 0.337 e. The highest BCUT2D eigenvalue weighted by Crippen LogP contribution is 2.34. The average molecular weight is 267 g/mol. The smallest absolute Gasteiger partial charge is 0.237 e. The van der Waals surface area contributed by atoms with Crippen molar-refractivity contribution in [2.45, 2.75) is 83.6 Å². The van der Waals surface area contributed by atoms with Crippen LogP contribution in [0.1, 0.15) is 53.4 Å². The molecule has 2 rings (SSSR count). The molecular weight excluding hydrogens is 238 g/mol. The Morgan fingerprint density at radius 3 is 2.05 bits per heavy atom. The molecule has 2 aliphatic rings. The van der Waals surface area contributed by atoms with Crippen LogP contribution in [-0.2, 0) is 4.79 Å². The van der Waals surface area contributed by atoms with Crippen molar-refractivity contribution in [2.75, 3.05) is 6.54 Å². The Morgan fingerprint density at radius 1 is 1.16 bits per heavy atom. The van der Waals surface area contributed by atoms with Crippen LogP contribution in [0.15, 0.2) is 0 Å². The number of carbonyl (C=O) groups is 1. The van der Waals surface area contributed by atoms with Gasteiger partial charge in [0.05, 0.1) is 6.54 Å². The number of rotatable bonds is 4. The monoisotopic (exact) mass is 267 g/mol. The zero-order valence-electron chi connectivity index (χ0n) is 12.8. The van der Waals surface area contributed by atoms with Crippen molar-refractivity contribution < 1.29 is 4.79 Å². The maximum Gasteiger partial charge on any atom is 0.237 e. The minimum Gasteiger partial charge on any atom is -0.337 e. The van der Waals surface area contributed by atoms with E-state index in [0.717, 1.165) is 12.8 Å². The summed E-state index contributed by atoms with van der Waals surface area (Å²) in [6.45, 7) is 8.97. The maximum atomic E-state index is 12.5. The van der Waals surface area contributed by atoms with Crippen LogP contribution in [0.25, 0.3) is 0 Å². The second kappa shape index (κ2) is 5.80. The molecule has 110 valence electrons. The van der Waals surface area contributed by atoms with E-state index in [-0.39, 0.29) is 18.0 Å². The molecule has 0 spiro atoms. The lowest BCUT2D eigenvalue weighted by atomic mass is 9.98. The first-order valence-corrected chi connectivity index (χ1v) is 7.72. The van der Waals surface area contributed by atoms with Crippen molar-refractivity contribution in [1.29, 1.82) is 0 Å². The summed E-state index contributed by atoms with van der Waals surface area (Å²) in [5.74, 6) is 0.275. The van der Waals surface area contributed by atoms with Gasteiger partial charge in [-0.1, -0.05) is 0 Å². The molecular formula is C15H29N3O. The van der Waals surface area contributed by atoms with Crippen LogP contribution in [-0.4, -0.2) is 52.5 Å². The lowest BCUT2D eigenvalue weighted by molar-refractivity contribution is -0.137. The summed E-state index contributed by atoms with van der Waals surface area (Å²) >= 11 is 0. The molecule has 0 aromatic carbocycles. The fourth-order valence-electron chi connectivity index (χ4n) is 3.98. The molecule has 1 amide bonds. The van der Waals surface area contributed by atoms with E-state index in [9.17, 15) is 4.79 Å². The Balaban J connectivity index is 1.99. The lowest BCUT2D eigenvalue weighted by Crippen LogP contribution is -2.53. The van der Waals surface area contributed by atoms with E-state index in [4.69, 9.17) is 5.73 Å². The minimum atomic E-state index is 0.275. The molecule has 2 bridgehead atoms. The van der Waals surface area contributed by atoms with E-state index in [1.807, 2.05) is 4.90 Å². The van der Waals surface area contributed by atoms with Gasteiger partial charge in [0.2, 0.25) is 5.91 Å².